The van der Waals surface area contributed by atoms with Crippen LogP contribution in [0.2, 0.25) is 0 Å². The van der Waals surface area contributed by atoms with Crippen LogP contribution >= 0.6 is 0 Å². The average molecular weight is 324 g/mol. The van der Waals surface area contributed by atoms with E-state index in [9.17, 15) is 14.4 Å². The van der Waals surface area contributed by atoms with Gasteiger partial charge in [-0.15, -0.1) is 0 Å². The van der Waals surface area contributed by atoms with Gasteiger partial charge in [-0.2, -0.15) is 0 Å². The van der Waals surface area contributed by atoms with Crippen molar-refractivity contribution in [2.45, 2.75) is 12.8 Å². The van der Waals surface area contributed by atoms with Gasteiger partial charge in [-0.25, -0.2) is 0 Å². The van der Waals surface area contributed by atoms with Crippen LogP contribution in [0.1, 0.15) is 32.7 Å². The molecule has 2 N–H and O–H groups in total. The summed E-state index contributed by atoms with van der Waals surface area (Å²) >= 11 is 0. The summed E-state index contributed by atoms with van der Waals surface area (Å²) in [7, 11) is 1.40. The first kappa shape index (κ1) is 15.7. The van der Waals surface area contributed by atoms with Gasteiger partial charge in [0.2, 0.25) is 0 Å². The van der Waals surface area contributed by atoms with Crippen molar-refractivity contribution in [2.75, 3.05) is 12.8 Å². The number of hydrogen-bond donors (Lipinski definition) is 1. The highest BCUT2D eigenvalue weighted by Gasteiger charge is 2.35. The molecule has 1 aliphatic rings. The van der Waals surface area contributed by atoms with Crippen LogP contribution in [0.15, 0.2) is 42.5 Å². The van der Waals surface area contributed by atoms with Gasteiger partial charge in [-0.05, 0) is 36.2 Å². The number of amides is 2. The summed E-state index contributed by atoms with van der Waals surface area (Å²) in [5.41, 5.74) is 7.64. The maximum absolute atomic E-state index is 12.1. The molecule has 0 aromatic heterocycles. The zero-order valence-electron chi connectivity index (χ0n) is 13.1. The monoisotopic (exact) mass is 324 g/mol. The summed E-state index contributed by atoms with van der Waals surface area (Å²) in [6.45, 7) is 0. The molecule has 0 fully saturated rings. The van der Waals surface area contributed by atoms with Crippen molar-refractivity contribution in [1.82, 2.24) is 4.90 Å². The van der Waals surface area contributed by atoms with Crippen molar-refractivity contribution in [3.63, 3.8) is 0 Å². The fraction of sp³-hybridized carbons (Fsp3) is 0.167. The van der Waals surface area contributed by atoms with E-state index in [4.69, 9.17) is 10.5 Å². The van der Waals surface area contributed by atoms with E-state index in [-0.39, 0.29) is 23.3 Å². The highest BCUT2D eigenvalue weighted by molar-refractivity contribution is 6.22. The summed E-state index contributed by atoms with van der Waals surface area (Å²) in [4.78, 5) is 37.1. The Morgan fingerprint density at radius 3 is 2.50 bits per heavy atom. The van der Waals surface area contributed by atoms with Crippen LogP contribution in [0.5, 0.6) is 5.75 Å². The molecular weight excluding hydrogens is 308 g/mol. The molecule has 0 aliphatic carbocycles. The molecule has 0 bridgehead atoms. The lowest BCUT2D eigenvalue weighted by Crippen LogP contribution is -2.24. The Labute approximate surface area is 138 Å². The van der Waals surface area contributed by atoms with Crippen LogP contribution in [0.25, 0.3) is 0 Å². The molecule has 1 heterocycles. The molecule has 3 rings (SSSR count). The zero-order valence-corrected chi connectivity index (χ0v) is 13.1. The number of carbonyl (C=O) groups is 3. The van der Waals surface area contributed by atoms with Crippen LogP contribution in [0.4, 0.5) is 5.69 Å². The molecule has 6 heteroatoms. The Hall–Kier alpha value is -3.15. The maximum Gasteiger partial charge on any atom is 0.311 e. The Balaban J connectivity index is 1.71. The minimum Gasteiger partial charge on any atom is -0.426 e. The van der Waals surface area contributed by atoms with E-state index in [0.717, 1.165) is 10.5 Å². The largest absolute Gasteiger partial charge is 0.426 e. The predicted molar refractivity (Wildman–Crippen MR) is 87.7 cm³/mol. The van der Waals surface area contributed by atoms with Gasteiger partial charge in [0.1, 0.15) is 5.75 Å². The smallest absolute Gasteiger partial charge is 0.311 e. The number of esters is 1. The number of nitrogen functional groups attached to an aromatic ring is 1. The second-order valence-corrected chi connectivity index (χ2v) is 5.56. The Morgan fingerprint density at radius 1 is 1.08 bits per heavy atom. The van der Waals surface area contributed by atoms with Crippen molar-refractivity contribution >= 4 is 23.5 Å². The summed E-state index contributed by atoms with van der Waals surface area (Å²) in [6, 6.07) is 11.9. The molecule has 2 amide bonds. The van der Waals surface area contributed by atoms with Gasteiger partial charge in [0.05, 0.1) is 11.1 Å². The number of benzene rings is 2. The Kier molecular flexibility index (Phi) is 4.04. The van der Waals surface area contributed by atoms with Gasteiger partial charge >= 0.3 is 5.97 Å². The van der Waals surface area contributed by atoms with Gasteiger partial charge in [0, 0.05) is 19.2 Å². The molecule has 0 unspecified atom stereocenters. The Bertz CT molecular complexity index is 827. The fourth-order valence-electron chi connectivity index (χ4n) is 2.56. The first-order valence-corrected chi connectivity index (χ1v) is 7.48. The van der Waals surface area contributed by atoms with E-state index in [1.807, 2.05) is 12.1 Å². The van der Waals surface area contributed by atoms with Crippen molar-refractivity contribution in [3.8, 4) is 5.75 Å². The van der Waals surface area contributed by atoms with E-state index in [2.05, 4.69) is 0 Å². The molecule has 2 aromatic carbocycles. The quantitative estimate of drug-likeness (QED) is 0.402. The van der Waals surface area contributed by atoms with Crippen molar-refractivity contribution < 1.29 is 19.1 Å². The lowest BCUT2D eigenvalue weighted by Gasteiger charge is -2.08. The third-order valence-electron chi connectivity index (χ3n) is 3.90. The van der Waals surface area contributed by atoms with Gasteiger partial charge in [-0.1, -0.05) is 18.2 Å². The first-order chi connectivity index (χ1) is 11.5. The maximum atomic E-state index is 12.1. The molecule has 6 nitrogen and oxygen atoms in total. The topological polar surface area (TPSA) is 89.7 Å². The lowest BCUT2D eigenvalue weighted by atomic mass is 10.1. The third kappa shape index (κ3) is 2.86. The van der Waals surface area contributed by atoms with E-state index < -0.39 is 17.8 Å². The molecule has 122 valence electrons. The van der Waals surface area contributed by atoms with Gasteiger partial charge in [0.15, 0.2) is 0 Å². The molecule has 0 atom stereocenters. The lowest BCUT2D eigenvalue weighted by molar-refractivity contribution is -0.134. The van der Waals surface area contributed by atoms with Crippen molar-refractivity contribution in [1.29, 1.82) is 0 Å². The van der Waals surface area contributed by atoms with Gasteiger partial charge in [0.25, 0.3) is 11.8 Å². The minimum absolute atomic E-state index is 0.123. The molecule has 0 radical (unpaired) electrons. The normalized spacial score (nSPS) is 13.1. The zero-order chi connectivity index (χ0) is 17.3. The summed E-state index contributed by atoms with van der Waals surface area (Å²) in [5, 5.41) is 0. The predicted octanol–water partition coefficient (Wildman–Crippen LogP) is 2.03. The number of anilines is 1. The highest BCUT2D eigenvalue weighted by atomic mass is 16.5. The van der Waals surface area contributed by atoms with Crippen molar-refractivity contribution in [2.24, 2.45) is 0 Å². The van der Waals surface area contributed by atoms with Crippen molar-refractivity contribution in [3.05, 3.63) is 59.2 Å². The summed E-state index contributed by atoms with van der Waals surface area (Å²) in [6.07, 6.45) is 0.659. The SMILES string of the molecule is CN1C(=O)c2cccc(OC(=O)CCc3ccc(N)cc3)c2C1=O. The number of ether oxygens (including phenoxy) is 1. The number of rotatable bonds is 4. The van der Waals surface area contributed by atoms with E-state index in [1.165, 1.54) is 13.1 Å². The van der Waals surface area contributed by atoms with Crippen LogP contribution in [0, 0.1) is 0 Å². The van der Waals surface area contributed by atoms with Gasteiger partial charge in [-0.3, -0.25) is 19.3 Å². The van der Waals surface area contributed by atoms with E-state index in [1.54, 1.807) is 24.3 Å². The van der Waals surface area contributed by atoms with Gasteiger partial charge < -0.3 is 10.5 Å². The molecule has 24 heavy (non-hydrogen) atoms. The molecule has 0 saturated carbocycles. The molecule has 0 spiro atoms. The number of imide groups is 1. The number of carbonyl (C=O) groups excluding carboxylic acids is 3. The number of nitrogens with zero attached hydrogens (tertiary/aromatic N) is 1. The van der Waals surface area contributed by atoms with Crippen LogP contribution in [0.3, 0.4) is 0 Å². The molecule has 0 saturated heterocycles. The molecule has 2 aromatic rings. The third-order valence-corrected chi connectivity index (χ3v) is 3.90. The minimum atomic E-state index is -0.463. The number of hydrogen-bond acceptors (Lipinski definition) is 5. The summed E-state index contributed by atoms with van der Waals surface area (Å²) < 4.78 is 5.31. The standard InChI is InChI=1S/C18H16N2O4/c1-20-17(22)13-3-2-4-14(16(13)18(20)23)24-15(21)10-7-11-5-8-12(19)9-6-11/h2-6,8-9H,7,10,19H2,1H3. The van der Waals surface area contributed by atoms with Crippen LogP contribution in [-0.4, -0.2) is 29.7 Å². The fourth-order valence-corrected chi connectivity index (χ4v) is 2.56. The van der Waals surface area contributed by atoms with E-state index in [0.29, 0.717) is 12.1 Å². The second-order valence-electron chi connectivity index (χ2n) is 5.56. The average Bonchev–Trinajstić information content (AvgIpc) is 2.80. The second kappa shape index (κ2) is 6.16. The number of nitrogens with two attached hydrogens (primary N) is 1. The van der Waals surface area contributed by atoms with Crippen LogP contribution in [-0.2, 0) is 11.2 Å². The molecule has 1 aliphatic heterocycles. The van der Waals surface area contributed by atoms with E-state index >= 15 is 0 Å². The number of fused-ring (bicyclic) bond motifs is 1. The van der Waals surface area contributed by atoms with Crippen LogP contribution < -0.4 is 10.5 Å². The molecular formula is C18H16N2O4. The Morgan fingerprint density at radius 2 is 1.79 bits per heavy atom. The number of aryl methyl sites for hydroxylation is 1. The first-order valence-electron chi connectivity index (χ1n) is 7.48. The summed E-state index contributed by atoms with van der Waals surface area (Å²) in [5.74, 6) is -1.20. The highest BCUT2D eigenvalue weighted by Crippen LogP contribution is 2.30.